The molecule has 0 aliphatic carbocycles. The van der Waals surface area contributed by atoms with Crippen molar-refractivity contribution in [2.24, 2.45) is 4.99 Å². The topological polar surface area (TPSA) is 114 Å². The average molecular weight is 438 g/mol. The normalized spacial score (nSPS) is 13.9. The molecule has 2 heterocycles. The summed E-state index contributed by atoms with van der Waals surface area (Å²) in [7, 11) is 0. The molecule has 0 spiro atoms. The molecule has 2 N–H and O–H groups in total. The Labute approximate surface area is 179 Å². The van der Waals surface area contributed by atoms with E-state index in [1.165, 1.54) is 41.0 Å². The van der Waals surface area contributed by atoms with Crippen LogP contribution >= 0.6 is 12.2 Å². The fourth-order valence-corrected chi connectivity index (χ4v) is 3.58. The third-order valence-electron chi connectivity index (χ3n) is 4.91. The Hall–Kier alpha value is -3.92. The lowest BCUT2D eigenvalue weighted by Crippen LogP contribution is -2.17. The van der Waals surface area contributed by atoms with Crippen LogP contribution in [-0.4, -0.2) is 25.3 Å². The van der Waals surface area contributed by atoms with Crippen molar-refractivity contribution in [2.75, 3.05) is 0 Å². The molecule has 8 nitrogen and oxygen atoms in total. The van der Waals surface area contributed by atoms with E-state index in [1.54, 1.807) is 19.1 Å². The Balaban J connectivity index is 1.84. The number of nitrogens with zero attached hydrogens (tertiary/aromatic N) is 3. The number of hydrogen-bond donors (Lipinski definition) is 2. The molecule has 156 valence electrons. The van der Waals surface area contributed by atoms with Gasteiger partial charge in [0.05, 0.1) is 17.2 Å². The van der Waals surface area contributed by atoms with E-state index >= 15 is 0 Å². The molecule has 3 aromatic rings. The molecular weight excluding hydrogens is 423 g/mol. The SMILES string of the molecule is CC1=Nc2ccc([N+](=O)[O-])cc2/C1=C\c1c(O)n(Cc2ccc(F)cc2)c(=S)[nH]c1=O. The third kappa shape index (κ3) is 3.80. The van der Waals surface area contributed by atoms with Gasteiger partial charge in [0.1, 0.15) is 11.4 Å². The Kier molecular flexibility index (Phi) is 5.07. The second kappa shape index (κ2) is 7.73. The molecule has 4 rings (SSSR count). The van der Waals surface area contributed by atoms with E-state index in [4.69, 9.17) is 12.2 Å². The number of aromatic hydroxyl groups is 1. The minimum atomic E-state index is -0.614. The number of aromatic nitrogens is 2. The molecule has 31 heavy (non-hydrogen) atoms. The highest BCUT2D eigenvalue weighted by Gasteiger charge is 2.22. The summed E-state index contributed by atoms with van der Waals surface area (Å²) < 4.78 is 14.5. The van der Waals surface area contributed by atoms with Crippen LogP contribution in [0.15, 0.2) is 52.3 Å². The van der Waals surface area contributed by atoms with Gasteiger partial charge in [0.25, 0.3) is 11.2 Å². The van der Waals surface area contributed by atoms with E-state index in [9.17, 15) is 24.4 Å². The number of aliphatic imine (C=N–C) groups is 1. The Bertz CT molecular complexity index is 1400. The van der Waals surface area contributed by atoms with Crippen molar-refractivity contribution in [3.8, 4) is 5.88 Å². The molecule has 10 heteroatoms. The molecule has 0 amide bonds. The first-order valence-electron chi connectivity index (χ1n) is 9.11. The number of nitro benzene ring substituents is 1. The minimum Gasteiger partial charge on any atom is -0.494 e. The summed E-state index contributed by atoms with van der Waals surface area (Å²) in [6, 6.07) is 9.92. The molecular formula is C21H15FN4O4S. The lowest BCUT2D eigenvalue weighted by Gasteiger charge is -2.12. The molecule has 0 radical (unpaired) electrons. The summed E-state index contributed by atoms with van der Waals surface area (Å²) in [5.41, 5.74) is 1.91. The number of nitrogens with one attached hydrogen (secondary N) is 1. The molecule has 0 saturated heterocycles. The van der Waals surface area contributed by atoms with Crippen LogP contribution < -0.4 is 5.56 Å². The van der Waals surface area contributed by atoms with Crippen LogP contribution in [-0.2, 0) is 6.54 Å². The number of hydrogen-bond acceptors (Lipinski definition) is 6. The van der Waals surface area contributed by atoms with E-state index in [0.29, 0.717) is 28.1 Å². The first kappa shape index (κ1) is 20.4. The van der Waals surface area contributed by atoms with Crippen LogP contribution in [0.1, 0.15) is 23.6 Å². The van der Waals surface area contributed by atoms with E-state index in [1.807, 2.05) is 0 Å². The van der Waals surface area contributed by atoms with Crippen LogP contribution in [0.5, 0.6) is 5.88 Å². The summed E-state index contributed by atoms with van der Waals surface area (Å²) in [6.45, 7) is 1.81. The lowest BCUT2D eigenvalue weighted by atomic mass is 10.0. The molecule has 1 aromatic heterocycles. The zero-order chi connectivity index (χ0) is 22.3. The monoisotopic (exact) mass is 438 g/mol. The number of benzene rings is 2. The molecule has 0 unspecified atom stereocenters. The van der Waals surface area contributed by atoms with Crippen LogP contribution in [0.2, 0.25) is 0 Å². The molecule has 1 aliphatic heterocycles. The molecule has 2 aromatic carbocycles. The minimum absolute atomic E-state index is 0.00169. The van der Waals surface area contributed by atoms with Gasteiger partial charge in [-0.3, -0.25) is 29.5 Å². The van der Waals surface area contributed by atoms with Gasteiger partial charge in [0.2, 0.25) is 5.88 Å². The maximum Gasteiger partial charge on any atom is 0.270 e. The molecule has 0 bridgehead atoms. The van der Waals surface area contributed by atoms with Gasteiger partial charge < -0.3 is 5.11 Å². The first-order chi connectivity index (χ1) is 14.7. The van der Waals surface area contributed by atoms with Crippen LogP contribution in [0.4, 0.5) is 15.8 Å². The average Bonchev–Trinajstić information content (AvgIpc) is 3.03. The Morgan fingerprint density at radius 3 is 2.68 bits per heavy atom. The number of aromatic amines is 1. The summed E-state index contributed by atoms with van der Waals surface area (Å²) in [5.74, 6) is -0.774. The highest BCUT2D eigenvalue weighted by Crippen LogP contribution is 2.38. The van der Waals surface area contributed by atoms with Gasteiger partial charge in [-0.05, 0) is 49.0 Å². The Morgan fingerprint density at radius 2 is 2.00 bits per heavy atom. The van der Waals surface area contributed by atoms with Crippen LogP contribution in [0.3, 0.4) is 0 Å². The third-order valence-corrected chi connectivity index (χ3v) is 5.23. The predicted octanol–water partition coefficient (Wildman–Crippen LogP) is 4.35. The maximum atomic E-state index is 13.2. The number of non-ortho nitro benzene ring substituents is 1. The van der Waals surface area contributed by atoms with Gasteiger partial charge in [-0.25, -0.2) is 4.39 Å². The highest BCUT2D eigenvalue weighted by atomic mass is 32.1. The van der Waals surface area contributed by atoms with Crippen molar-refractivity contribution < 1.29 is 14.4 Å². The number of rotatable bonds is 4. The zero-order valence-electron chi connectivity index (χ0n) is 16.1. The smallest absolute Gasteiger partial charge is 0.270 e. The van der Waals surface area contributed by atoms with Crippen LogP contribution in [0.25, 0.3) is 11.6 Å². The van der Waals surface area contributed by atoms with E-state index in [-0.39, 0.29) is 28.4 Å². The van der Waals surface area contributed by atoms with E-state index < -0.39 is 16.3 Å². The number of fused-ring (bicyclic) bond motifs is 1. The van der Waals surface area contributed by atoms with E-state index in [2.05, 4.69) is 9.98 Å². The van der Waals surface area contributed by atoms with Gasteiger partial charge in [0.15, 0.2) is 4.77 Å². The molecule has 0 atom stereocenters. The largest absolute Gasteiger partial charge is 0.494 e. The van der Waals surface area contributed by atoms with Crippen molar-refractivity contribution >= 4 is 41.0 Å². The van der Waals surface area contributed by atoms with Gasteiger partial charge in [-0.1, -0.05) is 12.1 Å². The second-order valence-corrected chi connectivity index (χ2v) is 7.31. The molecule has 0 fully saturated rings. The molecule has 1 aliphatic rings. The van der Waals surface area contributed by atoms with Gasteiger partial charge in [0, 0.05) is 29.0 Å². The summed E-state index contributed by atoms with van der Waals surface area (Å²) in [5, 5.41) is 22.0. The Morgan fingerprint density at radius 1 is 1.29 bits per heavy atom. The fraction of sp³-hybridized carbons (Fsp3) is 0.0952. The summed E-state index contributed by atoms with van der Waals surface area (Å²) >= 11 is 5.18. The number of allylic oxidation sites excluding steroid dienone is 1. The van der Waals surface area contributed by atoms with Crippen molar-refractivity contribution in [1.29, 1.82) is 0 Å². The lowest BCUT2D eigenvalue weighted by molar-refractivity contribution is -0.384. The summed E-state index contributed by atoms with van der Waals surface area (Å²) in [4.78, 5) is 30.1. The predicted molar refractivity (Wildman–Crippen MR) is 117 cm³/mol. The van der Waals surface area contributed by atoms with Crippen molar-refractivity contribution in [3.63, 3.8) is 0 Å². The fourth-order valence-electron chi connectivity index (χ4n) is 3.34. The number of halogens is 1. The quantitative estimate of drug-likeness (QED) is 0.357. The maximum absolute atomic E-state index is 13.2. The first-order valence-corrected chi connectivity index (χ1v) is 9.52. The van der Waals surface area contributed by atoms with Crippen molar-refractivity contribution in [2.45, 2.75) is 13.5 Å². The standard InChI is InChI=1S/C21H15FN4O4S/c1-11-15(16-8-14(26(29)30)6-7-18(16)23-11)9-17-19(27)24-21(31)25(20(17)28)10-12-2-4-13(22)5-3-12/h2-9,28H,10H2,1H3,(H,24,27,31)/b15-9-. The second-order valence-electron chi connectivity index (χ2n) is 6.92. The van der Waals surface area contributed by atoms with E-state index in [0.717, 1.165) is 0 Å². The summed E-state index contributed by atoms with van der Waals surface area (Å²) in [6.07, 6.45) is 1.43. The number of H-pyrrole nitrogens is 1. The van der Waals surface area contributed by atoms with Gasteiger partial charge in [-0.2, -0.15) is 0 Å². The number of nitro groups is 1. The van der Waals surface area contributed by atoms with Gasteiger partial charge >= 0.3 is 0 Å². The highest BCUT2D eigenvalue weighted by molar-refractivity contribution is 7.71. The van der Waals surface area contributed by atoms with Crippen molar-refractivity contribution in [3.05, 3.63) is 90.2 Å². The zero-order valence-corrected chi connectivity index (χ0v) is 16.9. The molecule has 0 saturated carbocycles. The van der Waals surface area contributed by atoms with Gasteiger partial charge in [-0.15, -0.1) is 0 Å². The van der Waals surface area contributed by atoms with Crippen LogP contribution in [0, 0.1) is 20.7 Å². The van der Waals surface area contributed by atoms with Crippen molar-refractivity contribution in [1.82, 2.24) is 9.55 Å².